The van der Waals surface area contributed by atoms with E-state index in [1.54, 1.807) is 23.1 Å². The fourth-order valence-corrected chi connectivity index (χ4v) is 4.80. The molecule has 0 bridgehead atoms. The molecule has 2 aliphatic heterocycles. The van der Waals surface area contributed by atoms with Gasteiger partial charge in [0.15, 0.2) is 12.4 Å². The van der Waals surface area contributed by atoms with E-state index in [0.29, 0.717) is 42.2 Å². The fraction of sp³-hybridized carbons (Fsp3) is 0.258. The quantitative estimate of drug-likeness (QED) is 0.445. The lowest BCUT2D eigenvalue weighted by atomic mass is 10.1. The Morgan fingerprint density at radius 1 is 0.895 bits per heavy atom. The number of Topliss-reactive ketones (excluding diaryl/α,β-unsaturated/α-hetero) is 1. The van der Waals surface area contributed by atoms with Crippen LogP contribution in [0.2, 0.25) is 0 Å². The number of ether oxygens (including phenoxy) is 1. The highest BCUT2D eigenvalue weighted by Gasteiger charge is 2.27. The van der Waals surface area contributed by atoms with Crippen molar-refractivity contribution in [2.75, 3.05) is 44.2 Å². The van der Waals surface area contributed by atoms with Gasteiger partial charge >= 0.3 is 0 Å². The third-order valence-electron chi connectivity index (χ3n) is 6.96. The summed E-state index contributed by atoms with van der Waals surface area (Å²) in [5, 5.41) is 0. The van der Waals surface area contributed by atoms with Crippen molar-refractivity contribution in [2.45, 2.75) is 13.5 Å². The Labute approximate surface area is 222 Å². The zero-order valence-corrected chi connectivity index (χ0v) is 21.5. The highest BCUT2D eigenvalue weighted by molar-refractivity contribution is 6.01. The predicted molar refractivity (Wildman–Crippen MR) is 147 cm³/mol. The first-order valence-electron chi connectivity index (χ1n) is 12.9. The van der Waals surface area contributed by atoms with Crippen LogP contribution in [0.15, 0.2) is 78.9 Å². The zero-order valence-electron chi connectivity index (χ0n) is 21.5. The Bertz CT molecular complexity index is 1360. The minimum atomic E-state index is -0.188. The van der Waals surface area contributed by atoms with Gasteiger partial charge in [0.1, 0.15) is 5.75 Å². The molecule has 2 aliphatic rings. The van der Waals surface area contributed by atoms with Gasteiger partial charge in [-0.15, -0.1) is 0 Å². The summed E-state index contributed by atoms with van der Waals surface area (Å²) in [4.78, 5) is 43.8. The van der Waals surface area contributed by atoms with Crippen LogP contribution in [0.4, 0.5) is 5.69 Å². The zero-order chi connectivity index (χ0) is 26.5. The van der Waals surface area contributed by atoms with Crippen molar-refractivity contribution >= 4 is 29.4 Å². The number of ketones is 1. The smallest absolute Gasteiger partial charge is 0.265 e. The van der Waals surface area contributed by atoms with E-state index in [1.807, 2.05) is 47.4 Å². The van der Waals surface area contributed by atoms with Crippen LogP contribution < -0.4 is 9.64 Å². The van der Waals surface area contributed by atoms with E-state index in [4.69, 9.17) is 4.74 Å². The number of carbonyl (C=O) groups is 3. The van der Waals surface area contributed by atoms with E-state index in [1.165, 1.54) is 12.5 Å². The third-order valence-corrected chi connectivity index (χ3v) is 6.96. The van der Waals surface area contributed by atoms with E-state index < -0.39 is 0 Å². The van der Waals surface area contributed by atoms with Crippen LogP contribution in [0.5, 0.6) is 5.75 Å². The number of carbonyl (C=O) groups excluding carboxylic acids is 3. The van der Waals surface area contributed by atoms with E-state index in [2.05, 4.69) is 29.2 Å². The first-order valence-corrected chi connectivity index (χ1v) is 12.9. The molecule has 2 amide bonds. The highest BCUT2D eigenvalue weighted by Crippen LogP contribution is 2.34. The van der Waals surface area contributed by atoms with Crippen LogP contribution in [0, 0.1) is 0 Å². The minimum Gasteiger partial charge on any atom is -0.482 e. The predicted octanol–water partition coefficient (Wildman–Crippen LogP) is 4.29. The maximum absolute atomic E-state index is 13.3. The number of rotatable bonds is 7. The summed E-state index contributed by atoms with van der Waals surface area (Å²) in [6, 6.07) is 22.8. The molecule has 0 N–H and O–H groups in total. The van der Waals surface area contributed by atoms with Crippen LogP contribution in [0.3, 0.4) is 0 Å². The van der Waals surface area contributed by atoms with Gasteiger partial charge in [-0.3, -0.25) is 19.3 Å². The van der Waals surface area contributed by atoms with Gasteiger partial charge in [-0.25, -0.2) is 0 Å². The second kappa shape index (κ2) is 11.4. The summed E-state index contributed by atoms with van der Waals surface area (Å²) in [7, 11) is 0. The molecule has 3 aromatic carbocycles. The second-order valence-electron chi connectivity index (χ2n) is 9.61. The average molecular weight is 510 g/mol. The SMILES string of the molecule is CC(=O)c1ccc2c(c1)N(Cc1cccc(C(=O)N3CCN(CC=Cc4ccccc4)CC3)c1)C(=O)CO2. The lowest BCUT2D eigenvalue weighted by molar-refractivity contribution is -0.121. The summed E-state index contributed by atoms with van der Waals surface area (Å²) in [5.41, 5.74) is 3.73. The van der Waals surface area contributed by atoms with Crippen molar-refractivity contribution in [3.63, 3.8) is 0 Å². The minimum absolute atomic E-state index is 0.00102. The highest BCUT2D eigenvalue weighted by atomic mass is 16.5. The van der Waals surface area contributed by atoms with Gasteiger partial charge in [0.25, 0.3) is 11.8 Å². The van der Waals surface area contributed by atoms with Gasteiger partial charge in [0.05, 0.1) is 12.2 Å². The molecule has 0 spiro atoms. The molecule has 5 rings (SSSR count). The molecule has 38 heavy (non-hydrogen) atoms. The molecule has 0 aliphatic carbocycles. The normalized spacial score (nSPS) is 15.9. The van der Waals surface area contributed by atoms with Crippen LogP contribution in [-0.2, 0) is 11.3 Å². The van der Waals surface area contributed by atoms with Gasteiger partial charge in [0.2, 0.25) is 0 Å². The summed E-state index contributed by atoms with van der Waals surface area (Å²) < 4.78 is 5.56. The molecule has 0 unspecified atom stereocenters. The fourth-order valence-electron chi connectivity index (χ4n) is 4.80. The molecule has 7 nitrogen and oxygen atoms in total. The van der Waals surface area contributed by atoms with Crippen LogP contribution >= 0.6 is 0 Å². The third kappa shape index (κ3) is 5.84. The Kier molecular flexibility index (Phi) is 7.65. The van der Waals surface area contributed by atoms with Crippen LogP contribution in [-0.4, -0.2) is 66.7 Å². The van der Waals surface area contributed by atoms with Gasteiger partial charge in [-0.05, 0) is 48.4 Å². The first-order chi connectivity index (χ1) is 18.5. The van der Waals surface area contributed by atoms with E-state index in [9.17, 15) is 14.4 Å². The molecular weight excluding hydrogens is 478 g/mol. The number of nitrogens with zero attached hydrogens (tertiary/aromatic N) is 3. The molecule has 7 heteroatoms. The van der Waals surface area contributed by atoms with Gasteiger partial charge in [-0.2, -0.15) is 0 Å². The molecule has 0 saturated carbocycles. The van der Waals surface area contributed by atoms with Crippen molar-refractivity contribution in [3.8, 4) is 5.75 Å². The maximum Gasteiger partial charge on any atom is 0.265 e. The Balaban J connectivity index is 1.22. The topological polar surface area (TPSA) is 70.2 Å². The number of piperazine rings is 1. The van der Waals surface area contributed by atoms with E-state index in [0.717, 1.165) is 25.2 Å². The van der Waals surface area contributed by atoms with Crippen molar-refractivity contribution in [3.05, 3.63) is 101 Å². The molecule has 1 fully saturated rings. The Hall–Kier alpha value is -4.23. The number of hydrogen-bond acceptors (Lipinski definition) is 5. The largest absolute Gasteiger partial charge is 0.482 e. The molecule has 2 heterocycles. The lowest BCUT2D eigenvalue weighted by Gasteiger charge is -2.34. The van der Waals surface area contributed by atoms with Crippen LogP contribution in [0.25, 0.3) is 6.08 Å². The molecule has 194 valence electrons. The monoisotopic (exact) mass is 509 g/mol. The van der Waals surface area contributed by atoms with Crippen LogP contribution in [0.1, 0.15) is 38.8 Å². The summed E-state index contributed by atoms with van der Waals surface area (Å²) in [6.07, 6.45) is 4.29. The molecular formula is C31H31N3O4. The standard InChI is InChI=1S/C31H31N3O4/c1-23(35)26-12-13-29-28(20-26)34(30(36)22-38-29)21-25-9-5-11-27(19-25)31(37)33-17-15-32(16-18-33)14-6-10-24-7-3-2-4-8-24/h2-13,19-20H,14-18,21-22H2,1H3. The average Bonchev–Trinajstić information content (AvgIpc) is 2.95. The molecule has 0 atom stereocenters. The van der Waals surface area contributed by atoms with Crippen molar-refractivity contribution in [1.29, 1.82) is 0 Å². The van der Waals surface area contributed by atoms with E-state index >= 15 is 0 Å². The van der Waals surface area contributed by atoms with Gasteiger partial charge < -0.3 is 14.5 Å². The van der Waals surface area contributed by atoms with Crippen molar-refractivity contribution < 1.29 is 19.1 Å². The number of amides is 2. The first kappa shape index (κ1) is 25.4. The second-order valence-corrected chi connectivity index (χ2v) is 9.61. The molecule has 0 aromatic heterocycles. The Morgan fingerprint density at radius 3 is 2.45 bits per heavy atom. The molecule has 0 radical (unpaired) electrons. The number of fused-ring (bicyclic) bond motifs is 1. The molecule has 1 saturated heterocycles. The Morgan fingerprint density at radius 2 is 1.68 bits per heavy atom. The van der Waals surface area contributed by atoms with Crippen molar-refractivity contribution in [1.82, 2.24) is 9.80 Å². The summed E-state index contributed by atoms with van der Waals surface area (Å²) >= 11 is 0. The summed E-state index contributed by atoms with van der Waals surface area (Å²) in [6.45, 7) is 5.57. The van der Waals surface area contributed by atoms with Gasteiger partial charge in [-0.1, -0.05) is 54.6 Å². The van der Waals surface area contributed by atoms with E-state index in [-0.39, 0.29) is 24.2 Å². The van der Waals surface area contributed by atoms with Crippen molar-refractivity contribution in [2.24, 2.45) is 0 Å². The number of benzene rings is 3. The number of hydrogen-bond donors (Lipinski definition) is 0. The number of anilines is 1. The maximum atomic E-state index is 13.3. The summed E-state index contributed by atoms with van der Waals surface area (Å²) in [5.74, 6) is 0.301. The lowest BCUT2D eigenvalue weighted by Crippen LogP contribution is -2.48. The van der Waals surface area contributed by atoms with Gasteiger partial charge in [0, 0.05) is 43.9 Å². The molecule has 3 aromatic rings.